The lowest BCUT2D eigenvalue weighted by atomic mass is 10.2. The summed E-state index contributed by atoms with van der Waals surface area (Å²) in [7, 11) is 1.69. The van der Waals surface area contributed by atoms with E-state index in [2.05, 4.69) is 46.8 Å². The van der Waals surface area contributed by atoms with Crippen molar-refractivity contribution < 1.29 is 9.47 Å². The molecular weight excluding hydrogens is 444 g/mol. The van der Waals surface area contributed by atoms with Crippen molar-refractivity contribution in [2.24, 2.45) is 0 Å². The van der Waals surface area contributed by atoms with Gasteiger partial charge in [0.25, 0.3) is 0 Å². The Hall–Kier alpha value is -3.24. The largest absolute Gasteiger partial charge is 0.383 e. The maximum absolute atomic E-state index is 8.54. The summed E-state index contributed by atoms with van der Waals surface area (Å²) in [6.07, 6.45) is 1.72. The Morgan fingerprint density at radius 1 is 1.29 bits per heavy atom. The molecule has 1 aliphatic heterocycles. The van der Waals surface area contributed by atoms with E-state index in [9.17, 15) is 0 Å². The summed E-state index contributed by atoms with van der Waals surface area (Å²) in [5.74, 6) is 1.34. The SMILES string of the molecule is COC[C@H](C)n1c(-c2cn(C(C)=N)c(=N)c(NC(C)C)n2)nc2ccc(N3CCOC[C@@H]3C)cc21. The van der Waals surface area contributed by atoms with E-state index >= 15 is 0 Å². The van der Waals surface area contributed by atoms with E-state index < -0.39 is 0 Å². The lowest BCUT2D eigenvalue weighted by molar-refractivity contribution is 0.0989. The minimum absolute atomic E-state index is 0.00845. The minimum Gasteiger partial charge on any atom is -0.383 e. The Kier molecular flexibility index (Phi) is 7.23. The Bertz CT molecular complexity index is 1280. The van der Waals surface area contributed by atoms with E-state index in [0.717, 1.165) is 23.3 Å². The van der Waals surface area contributed by atoms with Gasteiger partial charge in [0.2, 0.25) is 0 Å². The second-order valence-corrected chi connectivity index (χ2v) is 9.48. The average molecular weight is 481 g/mol. The van der Waals surface area contributed by atoms with Crippen LogP contribution in [0.25, 0.3) is 22.6 Å². The predicted octanol–water partition coefficient (Wildman–Crippen LogP) is 3.48. The van der Waals surface area contributed by atoms with Crippen LogP contribution < -0.4 is 15.7 Å². The number of morpholine rings is 1. The number of imidazole rings is 1. The molecule has 3 aromatic rings. The number of ether oxygens (including phenoxy) is 2. The van der Waals surface area contributed by atoms with Crippen molar-refractivity contribution >= 4 is 28.4 Å². The van der Waals surface area contributed by atoms with Crippen LogP contribution in [0.3, 0.4) is 0 Å². The van der Waals surface area contributed by atoms with Gasteiger partial charge < -0.3 is 24.3 Å². The van der Waals surface area contributed by atoms with Gasteiger partial charge in [-0.2, -0.15) is 0 Å². The monoisotopic (exact) mass is 480 g/mol. The molecule has 0 amide bonds. The van der Waals surface area contributed by atoms with Crippen molar-refractivity contribution in [3.8, 4) is 11.5 Å². The summed E-state index contributed by atoms with van der Waals surface area (Å²) in [5.41, 5.74) is 3.73. The first-order valence-electron chi connectivity index (χ1n) is 12.1. The summed E-state index contributed by atoms with van der Waals surface area (Å²) in [6, 6.07) is 6.71. The average Bonchev–Trinajstić information content (AvgIpc) is 3.19. The Labute approximate surface area is 205 Å². The normalized spacial score (nSPS) is 17.2. The third kappa shape index (κ3) is 4.94. The molecule has 35 heavy (non-hydrogen) atoms. The molecule has 10 nitrogen and oxygen atoms in total. The standard InChI is InChI=1S/C25H36N8O2/c1-15(2)28-24-23(27)32(18(5)26)12-21(29-24)25-30-20-8-7-19(31-9-10-35-14-16(31)3)11-22(20)33(25)17(4)13-34-6/h7-8,11-12,15-17,26-27H,9-10,13-14H2,1-6H3,(H,28,29)/t16-,17-/m0/s1. The molecule has 1 aliphatic rings. The predicted molar refractivity (Wildman–Crippen MR) is 139 cm³/mol. The number of benzene rings is 1. The Morgan fingerprint density at radius 3 is 2.71 bits per heavy atom. The second kappa shape index (κ2) is 10.2. The van der Waals surface area contributed by atoms with Crippen molar-refractivity contribution in [1.29, 1.82) is 10.8 Å². The number of hydrogen-bond acceptors (Lipinski definition) is 8. The summed E-state index contributed by atoms with van der Waals surface area (Å²) < 4.78 is 14.8. The zero-order valence-electron chi connectivity index (χ0n) is 21.4. The molecule has 4 rings (SSSR count). The number of anilines is 2. The zero-order valence-corrected chi connectivity index (χ0v) is 21.4. The first-order chi connectivity index (χ1) is 16.7. The topological polar surface area (TPSA) is 117 Å². The highest BCUT2D eigenvalue weighted by atomic mass is 16.5. The number of methoxy groups -OCH3 is 1. The Morgan fingerprint density at radius 2 is 2.06 bits per heavy atom. The fourth-order valence-corrected chi connectivity index (χ4v) is 4.56. The number of nitrogens with zero attached hydrogens (tertiary/aromatic N) is 5. The van der Waals surface area contributed by atoms with Crippen molar-refractivity contribution in [2.75, 3.05) is 43.7 Å². The van der Waals surface area contributed by atoms with Gasteiger partial charge in [-0.1, -0.05) is 0 Å². The van der Waals surface area contributed by atoms with Crippen LogP contribution in [0.15, 0.2) is 24.4 Å². The van der Waals surface area contributed by atoms with Gasteiger partial charge >= 0.3 is 0 Å². The van der Waals surface area contributed by atoms with E-state index in [1.165, 1.54) is 4.57 Å². The van der Waals surface area contributed by atoms with Crippen LogP contribution in [-0.4, -0.2) is 70.5 Å². The maximum Gasteiger partial charge on any atom is 0.173 e. The minimum atomic E-state index is -0.00845. The summed E-state index contributed by atoms with van der Waals surface area (Å²) in [5, 5.41) is 20.0. The molecule has 1 aromatic carbocycles. The zero-order chi connectivity index (χ0) is 25.3. The fraction of sp³-hybridized carbons (Fsp3) is 0.520. The molecule has 0 bridgehead atoms. The highest BCUT2D eigenvalue weighted by Gasteiger charge is 2.24. The van der Waals surface area contributed by atoms with Crippen molar-refractivity contribution in [3.05, 3.63) is 29.9 Å². The molecule has 10 heteroatoms. The van der Waals surface area contributed by atoms with Crippen LogP contribution >= 0.6 is 0 Å². The molecule has 0 saturated carbocycles. The molecule has 0 unspecified atom stereocenters. The molecule has 188 valence electrons. The maximum atomic E-state index is 8.54. The first-order valence-corrected chi connectivity index (χ1v) is 12.1. The van der Waals surface area contributed by atoms with Crippen LogP contribution in [0, 0.1) is 10.8 Å². The third-order valence-corrected chi connectivity index (χ3v) is 6.19. The molecule has 1 fully saturated rings. The number of aromatic nitrogens is 4. The number of nitrogens with one attached hydrogen (secondary N) is 3. The van der Waals surface area contributed by atoms with Gasteiger partial charge in [0.1, 0.15) is 11.5 Å². The van der Waals surface area contributed by atoms with Gasteiger partial charge in [0.05, 0.1) is 36.9 Å². The van der Waals surface area contributed by atoms with E-state index in [4.69, 9.17) is 30.3 Å². The number of rotatable bonds is 7. The molecule has 3 N–H and O–H groups in total. The summed E-state index contributed by atoms with van der Waals surface area (Å²) >= 11 is 0. The molecule has 0 aliphatic carbocycles. The summed E-state index contributed by atoms with van der Waals surface area (Å²) in [6.45, 7) is 12.7. The fourth-order valence-electron chi connectivity index (χ4n) is 4.56. The van der Waals surface area contributed by atoms with Crippen LogP contribution in [-0.2, 0) is 9.47 Å². The van der Waals surface area contributed by atoms with Gasteiger partial charge in [-0.3, -0.25) is 15.4 Å². The third-order valence-electron chi connectivity index (χ3n) is 6.19. The second-order valence-electron chi connectivity index (χ2n) is 9.48. The van der Waals surface area contributed by atoms with E-state index in [0.29, 0.717) is 43.2 Å². The van der Waals surface area contributed by atoms with Crippen LogP contribution in [0.2, 0.25) is 0 Å². The number of hydrogen-bond donors (Lipinski definition) is 3. The van der Waals surface area contributed by atoms with E-state index in [1.54, 1.807) is 20.2 Å². The Balaban J connectivity index is 1.93. The van der Waals surface area contributed by atoms with Crippen molar-refractivity contribution in [3.63, 3.8) is 0 Å². The number of fused-ring (bicyclic) bond motifs is 1. The highest BCUT2D eigenvalue weighted by Crippen LogP contribution is 2.31. The molecular formula is C25H36N8O2. The van der Waals surface area contributed by atoms with E-state index in [-0.39, 0.29) is 23.4 Å². The van der Waals surface area contributed by atoms with Crippen LogP contribution in [0.4, 0.5) is 11.5 Å². The van der Waals surface area contributed by atoms with Gasteiger partial charge in [0.15, 0.2) is 17.1 Å². The van der Waals surface area contributed by atoms with Gasteiger partial charge in [-0.15, -0.1) is 0 Å². The van der Waals surface area contributed by atoms with Gasteiger partial charge in [0, 0.05) is 37.6 Å². The lowest BCUT2D eigenvalue weighted by Gasteiger charge is -2.35. The molecule has 1 saturated heterocycles. The smallest absolute Gasteiger partial charge is 0.173 e. The van der Waals surface area contributed by atoms with E-state index in [1.807, 2.05) is 13.8 Å². The quantitative estimate of drug-likeness (QED) is 0.352. The lowest BCUT2D eigenvalue weighted by Crippen LogP contribution is -2.43. The molecule has 3 heterocycles. The summed E-state index contributed by atoms with van der Waals surface area (Å²) in [4.78, 5) is 12.1. The van der Waals surface area contributed by atoms with Crippen LogP contribution in [0.1, 0.15) is 40.7 Å². The van der Waals surface area contributed by atoms with Crippen LogP contribution in [0.5, 0.6) is 0 Å². The van der Waals surface area contributed by atoms with Crippen molar-refractivity contribution in [2.45, 2.75) is 52.7 Å². The highest BCUT2D eigenvalue weighted by molar-refractivity contribution is 5.85. The van der Waals surface area contributed by atoms with Crippen molar-refractivity contribution in [1.82, 2.24) is 19.1 Å². The molecule has 0 spiro atoms. The van der Waals surface area contributed by atoms with Gasteiger partial charge in [-0.05, 0) is 52.8 Å². The molecule has 2 aromatic heterocycles. The molecule has 0 radical (unpaired) electrons. The molecule has 2 atom stereocenters. The van der Waals surface area contributed by atoms with Gasteiger partial charge in [-0.25, -0.2) is 9.97 Å². The first kappa shape index (κ1) is 24.9.